The molecule has 1 heterocycles. The highest BCUT2D eigenvalue weighted by Crippen LogP contribution is 2.17. The SMILES string of the molecule is CCC(C)C.CNC(C)=O.CO.N#Cc1cccc(CCNC2CCCCC2)n1. The number of hydrogen-bond acceptors (Lipinski definition) is 5. The first kappa shape index (κ1) is 29.2. The predicted molar refractivity (Wildman–Crippen MR) is 121 cm³/mol. The predicted octanol–water partition coefficient (Wildman–Crippen LogP) is 3.83. The molecule has 0 bridgehead atoms. The number of aromatic nitrogens is 1. The van der Waals surface area contributed by atoms with E-state index in [0.717, 1.165) is 31.7 Å². The first-order valence-electron chi connectivity index (χ1n) is 10.6. The van der Waals surface area contributed by atoms with Crippen molar-refractivity contribution in [2.75, 3.05) is 20.7 Å². The van der Waals surface area contributed by atoms with Gasteiger partial charge in [-0.3, -0.25) is 4.79 Å². The third-order valence-electron chi connectivity index (χ3n) is 4.51. The highest BCUT2D eigenvalue weighted by Gasteiger charge is 2.11. The molecule has 1 aliphatic carbocycles. The fourth-order valence-electron chi connectivity index (χ4n) is 2.39. The number of carbonyl (C=O) groups is 1. The Bertz CT molecular complexity index is 550. The van der Waals surface area contributed by atoms with Gasteiger partial charge in [-0.2, -0.15) is 5.26 Å². The maximum absolute atomic E-state index is 9.70. The van der Waals surface area contributed by atoms with Gasteiger partial charge in [0.15, 0.2) is 0 Å². The van der Waals surface area contributed by atoms with Crippen LogP contribution in [0.15, 0.2) is 18.2 Å². The molecule has 0 saturated heterocycles. The van der Waals surface area contributed by atoms with Crippen LogP contribution in [0.25, 0.3) is 0 Å². The molecule has 0 atom stereocenters. The molecular formula is C23H42N4O2. The van der Waals surface area contributed by atoms with Gasteiger partial charge in [0.05, 0.1) is 0 Å². The second-order valence-corrected chi connectivity index (χ2v) is 7.27. The van der Waals surface area contributed by atoms with Gasteiger partial charge in [-0.1, -0.05) is 52.5 Å². The van der Waals surface area contributed by atoms with E-state index in [0.29, 0.717) is 11.7 Å². The molecule has 0 aromatic carbocycles. The molecule has 1 aromatic heterocycles. The van der Waals surface area contributed by atoms with Crippen molar-refractivity contribution in [3.63, 3.8) is 0 Å². The molecule has 1 aromatic rings. The van der Waals surface area contributed by atoms with Crippen molar-refractivity contribution in [3.8, 4) is 6.07 Å². The van der Waals surface area contributed by atoms with Gasteiger partial charge in [0.1, 0.15) is 11.8 Å². The highest BCUT2D eigenvalue weighted by atomic mass is 16.2. The van der Waals surface area contributed by atoms with Crippen LogP contribution in [0, 0.1) is 17.2 Å². The minimum atomic E-state index is 0.00463. The Morgan fingerprint density at radius 1 is 1.28 bits per heavy atom. The van der Waals surface area contributed by atoms with E-state index in [1.807, 2.05) is 12.1 Å². The smallest absolute Gasteiger partial charge is 0.216 e. The summed E-state index contributed by atoms with van der Waals surface area (Å²) >= 11 is 0. The normalized spacial score (nSPS) is 12.8. The van der Waals surface area contributed by atoms with Crippen molar-refractivity contribution in [1.29, 1.82) is 5.26 Å². The van der Waals surface area contributed by atoms with Crippen LogP contribution >= 0.6 is 0 Å². The number of nitrogens with one attached hydrogen (secondary N) is 2. The van der Waals surface area contributed by atoms with Gasteiger partial charge >= 0.3 is 0 Å². The van der Waals surface area contributed by atoms with Crippen molar-refractivity contribution in [3.05, 3.63) is 29.6 Å². The van der Waals surface area contributed by atoms with E-state index in [9.17, 15) is 4.79 Å². The zero-order valence-corrected chi connectivity index (χ0v) is 19.3. The minimum Gasteiger partial charge on any atom is -0.400 e. The lowest BCUT2D eigenvalue weighted by Gasteiger charge is -2.22. The Morgan fingerprint density at radius 3 is 2.28 bits per heavy atom. The number of aliphatic hydroxyl groups is 1. The molecule has 0 radical (unpaired) electrons. The second kappa shape index (κ2) is 20.8. The van der Waals surface area contributed by atoms with Crippen LogP contribution in [-0.4, -0.2) is 42.7 Å². The maximum Gasteiger partial charge on any atom is 0.216 e. The summed E-state index contributed by atoms with van der Waals surface area (Å²) in [5.74, 6) is 0.889. The summed E-state index contributed by atoms with van der Waals surface area (Å²) in [6, 6.07) is 8.41. The average Bonchev–Trinajstić information content (AvgIpc) is 2.77. The Hall–Kier alpha value is -1.97. The van der Waals surface area contributed by atoms with Crippen LogP contribution in [-0.2, 0) is 11.2 Å². The Labute approximate surface area is 178 Å². The minimum absolute atomic E-state index is 0.00463. The van der Waals surface area contributed by atoms with Crippen molar-refractivity contribution < 1.29 is 9.90 Å². The number of pyridine rings is 1. The molecule has 1 fully saturated rings. The van der Waals surface area contributed by atoms with Crippen LogP contribution < -0.4 is 10.6 Å². The Morgan fingerprint density at radius 2 is 1.83 bits per heavy atom. The average molecular weight is 407 g/mol. The van der Waals surface area contributed by atoms with E-state index in [4.69, 9.17) is 10.4 Å². The zero-order valence-electron chi connectivity index (χ0n) is 19.3. The van der Waals surface area contributed by atoms with Gasteiger partial charge in [0.2, 0.25) is 5.91 Å². The maximum atomic E-state index is 9.70. The van der Waals surface area contributed by atoms with Crippen molar-refractivity contribution in [2.45, 2.75) is 78.7 Å². The van der Waals surface area contributed by atoms with Gasteiger partial charge in [-0.05, 0) is 30.9 Å². The summed E-state index contributed by atoms with van der Waals surface area (Å²) < 4.78 is 0. The molecule has 6 nitrogen and oxygen atoms in total. The summed E-state index contributed by atoms with van der Waals surface area (Å²) in [5, 5.41) is 21.7. The van der Waals surface area contributed by atoms with Gasteiger partial charge in [-0.25, -0.2) is 4.98 Å². The summed E-state index contributed by atoms with van der Waals surface area (Å²) in [6.07, 6.45) is 8.95. The third kappa shape index (κ3) is 19.1. The van der Waals surface area contributed by atoms with Gasteiger partial charge in [0.25, 0.3) is 0 Å². The molecule has 29 heavy (non-hydrogen) atoms. The number of nitrogens with zero attached hydrogens (tertiary/aromatic N) is 2. The highest BCUT2D eigenvalue weighted by molar-refractivity contribution is 5.72. The van der Waals surface area contributed by atoms with E-state index in [-0.39, 0.29) is 5.91 Å². The summed E-state index contributed by atoms with van der Waals surface area (Å²) in [5.41, 5.74) is 1.52. The number of hydrogen-bond donors (Lipinski definition) is 3. The van der Waals surface area contributed by atoms with Crippen LogP contribution in [0.3, 0.4) is 0 Å². The molecule has 0 spiro atoms. The number of aliphatic hydroxyl groups excluding tert-OH is 1. The largest absolute Gasteiger partial charge is 0.400 e. The van der Waals surface area contributed by atoms with Crippen LogP contribution in [0.4, 0.5) is 0 Å². The molecular weight excluding hydrogens is 364 g/mol. The van der Waals surface area contributed by atoms with E-state index in [1.165, 1.54) is 45.4 Å². The Kier molecular flexibility index (Phi) is 20.9. The number of amides is 1. The number of carbonyl (C=O) groups excluding carboxylic acids is 1. The lowest BCUT2D eigenvalue weighted by Crippen LogP contribution is -2.32. The number of rotatable bonds is 5. The zero-order chi connectivity index (χ0) is 22.5. The van der Waals surface area contributed by atoms with Gasteiger partial charge < -0.3 is 15.7 Å². The summed E-state index contributed by atoms with van der Waals surface area (Å²) in [4.78, 5) is 14.0. The molecule has 0 aliphatic heterocycles. The van der Waals surface area contributed by atoms with Gasteiger partial charge in [0, 0.05) is 45.8 Å². The molecule has 0 unspecified atom stereocenters. The van der Waals surface area contributed by atoms with Crippen LogP contribution in [0.1, 0.15) is 77.6 Å². The van der Waals surface area contributed by atoms with Crippen molar-refractivity contribution in [2.24, 2.45) is 5.92 Å². The molecule has 1 amide bonds. The summed E-state index contributed by atoms with van der Waals surface area (Å²) in [7, 11) is 2.60. The molecule has 3 N–H and O–H groups in total. The van der Waals surface area contributed by atoms with E-state index in [2.05, 4.69) is 42.5 Å². The van der Waals surface area contributed by atoms with Crippen molar-refractivity contribution >= 4 is 5.91 Å². The summed E-state index contributed by atoms with van der Waals surface area (Å²) in [6.45, 7) is 9.08. The fourth-order valence-corrected chi connectivity index (χ4v) is 2.39. The number of nitriles is 1. The Balaban J connectivity index is 0. The molecule has 1 aliphatic rings. The van der Waals surface area contributed by atoms with Crippen LogP contribution in [0.2, 0.25) is 0 Å². The van der Waals surface area contributed by atoms with E-state index in [1.54, 1.807) is 13.1 Å². The lowest BCUT2D eigenvalue weighted by atomic mass is 9.95. The monoisotopic (exact) mass is 406 g/mol. The van der Waals surface area contributed by atoms with E-state index < -0.39 is 0 Å². The van der Waals surface area contributed by atoms with E-state index >= 15 is 0 Å². The first-order valence-corrected chi connectivity index (χ1v) is 10.6. The van der Waals surface area contributed by atoms with Gasteiger partial charge in [-0.15, -0.1) is 0 Å². The molecule has 2 rings (SSSR count). The first-order chi connectivity index (χ1) is 13.9. The second-order valence-electron chi connectivity index (χ2n) is 7.27. The standard InChI is InChI=1S/C14H19N3.C5H12.C3H7NO.CH4O/c15-11-14-8-4-7-13(17-14)9-10-16-12-5-2-1-3-6-12;1-4-5(2)3;1-3(5)4-2;1-2/h4,7-8,12,16H,1-3,5-6,9-10H2;5H,4H2,1-3H3;1-2H3,(H,4,5);2H,1H3. The molecule has 6 heteroatoms. The van der Waals surface area contributed by atoms with Crippen molar-refractivity contribution in [1.82, 2.24) is 15.6 Å². The molecule has 166 valence electrons. The lowest BCUT2D eigenvalue weighted by molar-refractivity contribution is -0.118. The van der Waals surface area contributed by atoms with Crippen LogP contribution in [0.5, 0.6) is 0 Å². The molecule has 1 saturated carbocycles. The quantitative estimate of drug-likeness (QED) is 0.690. The fraction of sp³-hybridized carbons (Fsp3) is 0.696. The third-order valence-corrected chi connectivity index (χ3v) is 4.51. The topological polar surface area (TPSA) is 98.0 Å².